The fourth-order valence-corrected chi connectivity index (χ4v) is 1.39. The van der Waals surface area contributed by atoms with Gasteiger partial charge in [-0.3, -0.25) is 4.79 Å². The number of carboxylic acids is 1. The topological polar surface area (TPSA) is 50.2 Å². The minimum Gasteiger partial charge on any atom is -0.481 e. The highest BCUT2D eigenvalue weighted by Crippen LogP contribution is 2.24. The molecule has 1 unspecified atom stereocenters. The predicted octanol–water partition coefficient (Wildman–Crippen LogP) is 2.67. The van der Waals surface area contributed by atoms with Crippen molar-refractivity contribution in [2.45, 2.75) is 19.8 Å². The van der Waals surface area contributed by atoms with E-state index in [1.807, 2.05) is 19.1 Å². The predicted molar refractivity (Wildman–Crippen MR) is 57.2 cm³/mol. The summed E-state index contributed by atoms with van der Waals surface area (Å²) in [4.78, 5) is 14.8. The number of hydrogen-bond donors (Lipinski definition) is 1. The van der Waals surface area contributed by atoms with Crippen LogP contribution in [0.3, 0.4) is 0 Å². The highest BCUT2D eigenvalue weighted by molar-refractivity contribution is 9.10. The van der Waals surface area contributed by atoms with E-state index in [1.165, 1.54) is 0 Å². The van der Waals surface area contributed by atoms with E-state index in [4.69, 9.17) is 5.11 Å². The zero-order valence-corrected chi connectivity index (χ0v) is 9.65. The van der Waals surface area contributed by atoms with Crippen LogP contribution in [-0.4, -0.2) is 16.1 Å². The second-order valence-electron chi connectivity index (χ2n) is 3.33. The summed E-state index contributed by atoms with van der Waals surface area (Å²) < 4.78 is 0.761. The van der Waals surface area contributed by atoms with Crippen LogP contribution in [0.4, 0.5) is 0 Å². The lowest BCUT2D eigenvalue weighted by atomic mass is 9.90. The lowest BCUT2D eigenvalue weighted by Crippen LogP contribution is -2.16. The first-order chi connectivity index (χ1) is 6.52. The minimum absolute atomic E-state index is 0.0203. The summed E-state index contributed by atoms with van der Waals surface area (Å²) >= 11 is 3.23. The lowest BCUT2D eigenvalue weighted by molar-refractivity contribution is -0.141. The fourth-order valence-electron chi connectivity index (χ4n) is 1.16. The van der Waals surface area contributed by atoms with Gasteiger partial charge in [-0.05, 0) is 33.5 Å². The molecule has 14 heavy (non-hydrogen) atoms. The Labute approximate surface area is 91.3 Å². The van der Waals surface area contributed by atoms with Gasteiger partial charge in [0.15, 0.2) is 0 Å². The first-order valence-electron chi connectivity index (χ1n) is 4.36. The van der Waals surface area contributed by atoms with Crippen LogP contribution in [0.15, 0.2) is 22.9 Å². The molecule has 0 amide bonds. The van der Waals surface area contributed by atoms with Crippen LogP contribution < -0.4 is 0 Å². The number of pyridine rings is 1. The number of aromatic nitrogens is 1. The van der Waals surface area contributed by atoms with Gasteiger partial charge in [0.1, 0.15) is 4.60 Å². The van der Waals surface area contributed by atoms with Gasteiger partial charge in [-0.1, -0.05) is 19.9 Å². The summed E-state index contributed by atoms with van der Waals surface area (Å²) in [6.45, 7) is 3.60. The Morgan fingerprint density at radius 3 is 2.57 bits per heavy atom. The molecule has 0 bridgehead atoms. The van der Waals surface area contributed by atoms with E-state index in [1.54, 1.807) is 13.1 Å². The molecule has 0 saturated carbocycles. The molecule has 1 heterocycles. The molecule has 0 aliphatic heterocycles. The molecule has 1 rings (SSSR count). The first kappa shape index (κ1) is 11.2. The number of aliphatic carboxylic acids is 1. The summed E-state index contributed by atoms with van der Waals surface area (Å²) in [7, 11) is 0. The molecule has 0 spiro atoms. The molecule has 0 radical (unpaired) electrons. The summed E-state index contributed by atoms with van der Waals surface area (Å²) in [6.07, 6.45) is 1.70. The van der Waals surface area contributed by atoms with Crippen LogP contribution in [0.25, 0.3) is 0 Å². The second kappa shape index (κ2) is 4.55. The lowest BCUT2D eigenvalue weighted by Gasteiger charge is -2.15. The summed E-state index contributed by atoms with van der Waals surface area (Å²) in [5, 5.41) is 8.84. The van der Waals surface area contributed by atoms with E-state index < -0.39 is 11.9 Å². The maximum Gasteiger partial charge on any atom is 0.306 e. The number of carboxylic acid groups (broad SMARTS) is 1. The zero-order valence-electron chi connectivity index (χ0n) is 8.07. The molecule has 1 N–H and O–H groups in total. The van der Waals surface area contributed by atoms with E-state index in [0.717, 1.165) is 10.2 Å². The van der Waals surface area contributed by atoms with E-state index in [-0.39, 0.29) is 5.92 Å². The largest absolute Gasteiger partial charge is 0.481 e. The van der Waals surface area contributed by atoms with Gasteiger partial charge in [0.2, 0.25) is 0 Å². The average molecular weight is 258 g/mol. The first-order valence-corrected chi connectivity index (χ1v) is 5.16. The third-order valence-corrected chi connectivity index (χ3v) is 2.88. The smallest absolute Gasteiger partial charge is 0.306 e. The molecule has 0 aromatic carbocycles. The third-order valence-electron chi connectivity index (χ3n) is 2.42. The Morgan fingerprint density at radius 1 is 1.50 bits per heavy atom. The molecule has 2 atom stereocenters. The number of nitrogens with zero attached hydrogens (tertiary/aromatic N) is 1. The van der Waals surface area contributed by atoms with E-state index in [0.29, 0.717) is 0 Å². The molecule has 3 nitrogen and oxygen atoms in total. The Bertz CT molecular complexity index is 323. The maximum absolute atomic E-state index is 10.8. The van der Waals surface area contributed by atoms with Gasteiger partial charge in [-0.15, -0.1) is 0 Å². The molecule has 0 fully saturated rings. The van der Waals surface area contributed by atoms with Crippen LogP contribution in [0.1, 0.15) is 25.3 Å². The van der Waals surface area contributed by atoms with Crippen LogP contribution in [0, 0.1) is 5.92 Å². The van der Waals surface area contributed by atoms with Crippen molar-refractivity contribution in [2.75, 3.05) is 0 Å². The van der Waals surface area contributed by atoms with Crippen molar-refractivity contribution in [1.29, 1.82) is 0 Å². The molecular formula is C10H12BrNO2. The Hall–Kier alpha value is -0.900. The van der Waals surface area contributed by atoms with E-state index >= 15 is 0 Å². The summed E-state index contributed by atoms with van der Waals surface area (Å²) in [5.41, 5.74) is 0.947. The van der Waals surface area contributed by atoms with Crippen molar-refractivity contribution in [3.63, 3.8) is 0 Å². The number of rotatable bonds is 3. The van der Waals surface area contributed by atoms with Crippen LogP contribution in [-0.2, 0) is 4.79 Å². The van der Waals surface area contributed by atoms with Crippen molar-refractivity contribution in [1.82, 2.24) is 4.98 Å². The van der Waals surface area contributed by atoms with E-state index in [2.05, 4.69) is 20.9 Å². The zero-order chi connectivity index (χ0) is 10.7. The van der Waals surface area contributed by atoms with Crippen molar-refractivity contribution < 1.29 is 9.90 Å². The van der Waals surface area contributed by atoms with Crippen molar-refractivity contribution in [3.8, 4) is 0 Å². The monoisotopic (exact) mass is 257 g/mol. The van der Waals surface area contributed by atoms with E-state index in [9.17, 15) is 4.79 Å². The van der Waals surface area contributed by atoms with Crippen molar-refractivity contribution >= 4 is 21.9 Å². The van der Waals surface area contributed by atoms with Gasteiger partial charge in [0, 0.05) is 6.20 Å². The molecule has 0 aliphatic carbocycles. The number of halogens is 1. The van der Waals surface area contributed by atoms with Gasteiger partial charge < -0.3 is 5.11 Å². The number of carbonyl (C=O) groups is 1. The standard InChI is InChI=1S/C10H12BrNO2/c1-6(7(2)10(13)14)8-3-4-9(11)12-5-8/h3-7H,1-2H3,(H,13,14)/t6-,7?/m0/s1. The minimum atomic E-state index is -0.777. The number of hydrogen-bond acceptors (Lipinski definition) is 2. The Balaban J connectivity index is 2.84. The van der Waals surface area contributed by atoms with Gasteiger partial charge in [0.25, 0.3) is 0 Å². The van der Waals surface area contributed by atoms with Gasteiger partial charge in [-0.2, -0.15) is 0 Å². The Morgan fingerprint density at radius 2 is 2.14 bits per heavy atom. The highest BCUT2D eigenvalue weighted by atomic mass is 79.9. The van der Waals surface area contributed by atoms with Gasteiger partial charge in [0.05, 0.1) is 5.92 Å². The molecule has 1 aromatic heterocycles. The molecular weight excluding hydrogens is 246 g/mol. The van der Waals surface area contributed by atoms with Crippen molar-refractivity contribution in [2.24, 2.45) is 5.92 Å². The average Bonchev–Trinajstić information content (AvgIpc) is 2.16. The quantitative estimate of drug-likeness (QED) is 0.848. The molecule has 0 aliphatic rings. The summed E-state index contributed by atoms with van der Waals surface area (Å²) in [5.74, 6) is -1.19. The van der Waals surface area contributed by atoms with Crippen LogP contribution >= 0.6 is 15.9 Å². The molecule has 0 saturated heterocycles. The third kappa shape index (κ3) is 2.54. The van der Waals surface area contributed by atoms with Crippen molar-refractivity contribution in [3.05, 3.63) is 28.5 Å². The fraction of sp³-hybridized carbons (Fsp3) is 0.400. The maximum atomic E-state index is 10.8. The SMILES string of the molecule is CC(C(=O)O)[C@H](C)c1ccc(Br)nc1. The van der Waals surface area contributed by atoms with Gasteiger partial charge >= 0.3 is 5.97 Å². The second-order valence-corrected chi connectivity index (χ2v) is 4.14. The molecule has 4 heteroatoms. The van der Waals surface area contributed by atoms with Gasteiger partial charge in [-0.25, -0.2) is 4.98 Å². The Kier molecular flexibility index (Phi) is 3.63. The van der Waals surface area contributed by atoms with Crippen LogP contribution in [0.2, 0.25) is 0 Å². The highest BCUT2D eigenvalue weighted by Gasteiger charge is 2.20. The molecule has 1 aromatic rings. The van der Waals surface area contributed by atoms with Crippen LogP contribution in [0.5, 0.6) is 0 Å². The normalized spacial score (nSPS) is 14.8. The summed E-state index contributed by atoms with van der Waals surface area (Å²) in [6, 6.07) is 3.71. The molecule has 76 valence electrons.